The monoisotopic (exact) mass is 410 g/mol. The van der Waals surface area contributed by atoms with E-state index in [1.807, 2.05) is 0 Å². The van der Waals surface area contributed by atoms with Crippen LogP contribution in [0.5, 0.6) is 0 Å². The van der Waals surface area contributed by atoms with Gasteiger partial charge in [0.15, 0.2) is 5.96 Å². The molecule has 0 saturated heterocycles. The molecule has 0 aliphatic heterocycles. The Morgan fingerprint density at radius 2 is 1.76 bits per heavy atom. The van der Waals surface area contributed by atoms with E-state index in [0.717, 1.165) is 5.96 Å². The lowest BCUT2D eigenvalue weighted by Crippen LogP contribution is -2.44. The van der Waals surface area contributed by atoms with Crippen molar-refractivity contribution in [3.63, 3.8) is 0 Å². The second-order valence-electron chi connectivity index (χ2n) is 5.86. The molecule has 0 unspecified atom stereocenters. The zero-order chi connectivity index (χ0) is 14.8. The summed E-state index contributed by atoms with van der Waals surface area (Å²) < 4.78 is 0. The first-order valence-electron chi connectivity index (χ1n) is 7.85. The van der Waals surface area contributed by atoms with Crippen LogP contribution in [0.3, 0.4) is 0 Å². The number of carbonyl (C=O) groups excluding carboxylic acids is 1. The van der Waals surface area contributed by atoms with Crippen LogP contribution in [0.2, 0.25) is 0 Å². The number of carbonyl (C=O) groups is 1. The third kappa shape index (κ3) is 9.92. The summed E-state index contributed by atoms with van der Waals surface area (Å²) in [7, 11) is 1.75. The molecule has 3 N–H and O–H groups in total. The molecular weight excluding hydrogens is 379 g/mol. The Kier molecular flexibility index (Phi) is 11.8. The van der Waals surface area contributed by atoms with E-state index in [0.29, 0.717) is 31.5 Å². The van der Waals surface area contributed by atoms with Crippen molar-refractivity contribution in [2.24, 2.45) is 10.9 Å². The van der Waals surface area contributed by atoms with E-state index in [-0.39, 0.29) is 29.9 Å². The second kappa shape index (κ2) is 12.1. The Labute approximate surface area is 146 Å². The van der Waals surface area contributed by atoms with Crippen LogP contribution in [0.15, 0.2) is 4.99 Å². The fourth-order valence-corrected chi connectivity index (χ4v) is 2.58. The summed E-state index contributed by atoms with van der Waals surface area (Å²) in [5.74, 6) is 1.57. The van der Waals surface area contributed by atoms with Gasteiger partial charge < -0.3 is 16.0 Å². The zero-order valence-electron chi connectivity index (χ0n) is 13.6. The van der Waals surface area contributed by atoms with Gasteiger partial charge in [-0.25, -0.2) is 0 Å². The minimum Gasteiger partial charge on any atom is -0.355 e. The van der Waals surface area contributed by atoms with Gasteiger partial charge in [-0.15, -0.1) is 24.0 Å². The summed E-state index contributed by atoms with van der Waals surface area (Å²) in [6.07, 6.45) is 7.05. The van der Waals surface area contributed by atoms with E-state index in [1.54, 1.807) is 7.05 Å². The molecule has 6 heteroatoms. The van der Waals surface area contributed by atoms with Gasteiger partial charge in [-0.3, -0.25) is 9.79 Å². The Morgan fingerprint density at radius 1 is 1.14 bits per heavy atom. The minimum atomic E-state index is 0. The maximum atomic E-state index is 11.8. The van der Waals surface area contributed by atoms with Crippen molar-refractivity contribution >= 4 is 35.8 Å². The van der Waals surface area contributed by atoms with Crippen LogP contribution in [-0.2, 0) is 4.79 Å². The SMILES string of the molecule is CN=C(NCCNC(=O)CC1CCCCC1)NC(C)C.I. The molecule has 1 rings (SSSR count). The average molecular weight is 410 g/mol. The molecule has 1 amide bonds. The first-order chi connectivity index (χ1) is 9.61. The largest absolute Gasteiger partial charge is 0.355 e. The minimum absolute atomic E-state index is 0. The third-order valence-electron chi connectivity index (χ3n) is 3.59. The molecule has 1 saturated carbocycles. The Morgan fingerprint density at radius 3 is 2.33 bits per heavy atom. The van der Waals surface area contributed by atoms with Crippen molar-refractivity contribution in [2.75, 3.05) is 20.1 Å². The molecule has 0 aromatic carbocycles. The fourth-order valence-electron chi connectivity index (χ4n) is 2.58. The predicted octanol–water partition coefficient (Wildman–Crippen LogP) is 2.26. The third-order valence-corrected chi connectivity index (χ3v) is 3.59. The predicted molar refractivity (Wildman–Crippen MR) is 99.3 cm³/mol. The van der Waals surface area contributed by atoms with Crippen molar-refractivity contribution in [3.8, 4) is 0 Å². The molecule has 0 bridgehead atoms. The van der Waals surface area contributed by atoms with Crippen LogP contribution < -0.4 is 16.0 Å². The highest BCUT2D eigenvalue weighted by Crippen LogP contribution is 2.25. The van der Waals surface area contributed by atoms with Crippen LogP contribution in [0.1, 0.15) is 52.4 Å². The number of rotatable bonds is 6. The normalized spacial score (nSPS) is 16.3. The Balaban J connectivity index is 0.00000400. The highest BCUT2D eigenvalue weighted by molar-refractivity contribution is 14.0. The fraction of sp³-hybridized carbons (Fsp3) is 0.867. The number of aliphatic imine (C=N–C) groups is 1. The lowest BCUT2D eigenvalue weighted by atomic mass is 9.87. The Hall–Kier alpha value is -0.530. The summed E-state index contributed by atoms with van der Waals surface area (Å²) >= 11 is 0. The van der Waals surface area contributed by atoms with E-state index in [2.05, 4.69) is 34.8 Å². The van der Waals surface area contributed by atoms with Gasteiger partial charge in [-0.05, 0) is 32.6 Å². The molecule has 124 valence electrons. The lowest BCUT2D eigenvalue weighted by molar-refractivity contribution is -0.122. The molecule has 5 nitrogen and oxygen atoms in total. The maximum Gasteiger partial charge on any atom is 0.220 e. The number of hydrogen-bond donors (Lipinski definition) is 3. The van der Waals surface area contributed by atoms with Crippen molar-refractivity contribution in [1.29, 1.82) is 0 Å². The summed E-state index contributed by atoms with van der Waals surface area (Å²) in [4.78, 5) is 15.9. The van der Waals surface area contributed by atoms with Crippen molar-refractivity contribution in [1.82, 2.24) is 16.0 Å². The summed E-state index contributed by atoms with van der Waals surface area (Å²) in [5, 5.41) is 9.37. The van der Waals surface area contributed by atoms with Crippen molar-refractivity contribution < 1.29 is 4.79 Å². The maximum absolute atomic E-state index is 11.8. The van der Waals surface area contributed by atoms with Gasteiger partial charge in [-0.2, -0.15) is 0 Å². The summed E-state index contributed by atoms with van der Waals surface area (Å²) in [5.41, 5.74) is 0. The molecule has 0 heterocycles. The van der Waals surface area contributed by atoms with Gasteiger partial charge in [0.2, 0.25) is 5.91 Å². The molecule has 21 heavy (non-hydrogen) atoms. The van der Waals surface area contributed by atoms with Crippen LogP contribution >= 0.6 is 24.0 Å². The molecule has 0 aromatic heterocycles. The van der Waals surface area contributed by atoms with E-state index < -0.39 is 0 Å². The van der Waals surface area contributed by atoms with E-state index in [9.17, 15) is 4.79 Å². The molecule has 1 aliphatic rings. The van der Waals surface area contributed by atoms with Gasteiger partial charge in [-0.1, -0.05) is 19.3 Å². The number of amides is 1. The molecule has 0 aromatic rings. The topological polar surface area (TPSA) is 65.5 Å². The van der Waals surface area contributed by atoms with Gasteiger partial charge >= 0.3 is 0 Å². The van der Waals surface area contributed by atoms with Crippen LogP contribution in [0, 0.1) is 5.92 Å². The van der Waals surface area contributed by atoms with E-state index >= 15 is 0 Å². The Bertz CT molecular complexity index is 315. The quantitative estimate of drug-likeness (QED) is 0.273. The smallest absolute Gasteiger partial charge is 0.220 e. The summed E-state index contributed by atoms with van der Waals surface area (Å²) in [6, 6.07) is 0.349. The van der Waals surface area contributed by atoms with Crippen molar-refractivity contribution in [3.05, 3.63) is 0 Å². The molecular formula is C15H31IN4O. The van der Waals surface area contributed by atoms with Crippen LogP contribution in [0.4, 0.5) is 0 Å². The van der Waals surface area contributed by atoms with Crippen molar-refractivity contribution in [2.45, 2.75) is 58.4 Å². The van der Waals surface area contributed by atoms with Gasteiger partial charge in [0.25, 0.3) is 0 Å². The first kappa shape index (κ1) is 20.5. The lowest BCUT2D eigenvalue weighted by Gasteiger charge is -2.21. The molecule has 1 aliphatic carbocycles. The van der Waals surface area contributed by atoms with E-state index in [4.69, 9.17) is 0 Å². The highest BCUT2D eigenvalue weighted by atomic mass is 127. The molecule has 0 spiro atoms. The van der Waals surface area contributed by atoms with Crippen LogP contribution in [0.25, 0.3) is 0 Å². The first-order valence-corrected chi connectivity index (χ1v) is 7.85. The van der Waals surface area contributed by atoms with Gasteiger partial charge in [0.1, 0.15) is 0 Å². The van der Waals surface area contributed by atoms with Gasteiger partial charge in [0.05, 0.1) is 0 Å². The molecule has 0 atom stereocenters. The highest BCUT2D eigenvalue weighted by Gasteiger charge is 2.16. The number of guanidine groups is 1. The summed E-state index contributed by atoms with van der Waals surface area (Å²) in [6.45, 7) is 5.48. The number of hydrogen-bond acceptors (Lipinski definition) is 2. The second-order valence-corrected chi connectivity index (χ2v) is 5.86. The zero-order valence-corrected chi connectivity index (χ0v) is 15.9. The standard InChI is InChI=1S/C15H30N4O.HI/c1-12(2)19-15(16-3)18-10-9-17-14(20)11-13-7-5-4-6-8-13;/h12-13H,4-11H2,1-3H3,(H,17,20)(H2,16,18,19);1H. The van der Waals surface area contributed by atoms with E-state index in [1.165, 1.54) is 32.1 Å². The number of nitrogens with one attached hydrogen (secondary N) is 3. The molecule has 0 radical (unpaired) electrons. The number of nitrogens with zero attached hydrogens (tertiary/aromatic N) is 1. The average Bonchev–Trinajstić information content (AvgIpc) is 2.43. The van der Waals surface area contributed by atoms with Gasteiger partial charge in [0, 0.05) is 32.6 Å². The molecule has 1 fully saturated rings. The number of halogens is 1. The van der Waals surface area contributed by atoms with Crippen LogP contribution in [-0.4, -0.2) is 38.0 Å².